The third kappa shape index (κ3) is 18.1. The van der Waals surface area contributed by atoms with Gasteiger partial charge in [-0.3, -0.25) is 14.5 Å². The average molecular weight is 1230 g/mol. The number of nitrogens with two attached hydrogens (primary N) is 2. The molecule has 0 unspecified atom stereocenters. The summed E-state index contributed by atoms with van der Waals surface area (Å²) in [6, 6.07) is 39.1. The Bertz CT molecular complexity index is 3690. The Morgan fingerprint density at radius 2 is 0.978 bits per heavy atom. The van der Waals surface area contributed by atoms with Gasteiger partial charge in [0.05, 0.1) is 39.4 Å². The molecule has 0 atom stereocenters. The Kier molecular flexibility index (Phi) is 22.2. The molecule has 2 saturated heterocycles. The third-order valence-corrected chi connectivity index (χ3v) is 15.0. The lowest BCUT2D eigenvalue weighted by molar-refractivity contribution is 0.0988. The lowest BCUT2D eigenvalue weighted by Gasteiger charge is -2.36. The van der Waals surface area contributed by atoms with Crippen LogP contribution >= 0.6 is 11.6 Å². The molecule has 20 nitrogen and oxygen atoms in total. The van der Waals surface area contributed by atoms with Crippen molar-refractivity contribution >= 4 is 69.0 Å². The number of fused-ring (bicyclic) bond motifs is 2. The fourth-order valence-corrected chi connectivity index (χ4v) is 10.2. The zero-order chi connectivity index (χ0) is 64.0. The second-order valence-corrected chi connectivity index (χ2v) is 24.9. The van der Waals surface area contributed by atoms with Crippen molar-refractivity contribution in [2.24, 2.45) is 11.5 Å². The second-order valence-electron chi connectivity index (χ2n) is 24.5. The van der Waals surface area contributed by atoms with E-state index in [4.69, 9.17) is 52.0 Å². The van der Waals surface area contributed by atoms with Crippen LogP contribution in [-0.4, -0.2) is 139 Å². The highest BCUT2D eigenvalue weighted by molar-refractivity contribution is 6.18. The van der Waals surface area contributed by atoms with Gasteiger partial charge in [0, 0.05) is 82.1 Å². The molecule has 472 valence electrons. The van der Waals surface area contributed by atoms with Crippen LogP contribution in [0.2, 0.25) is 0 Å². The van der Waals surface area contributed by atoms with Crippen molar-refractivity contribution in [3.8, 4) is 45.8 Å². The fraction of sp³-hybridized carbons (Fsp3) is 0.382. The summed E-state index contributed by atoms with van der Waals surface area (Å²) in [7, 11) is 0. The number of imidazole rings is 2. The van der Waals surface area contributed by atoms with Gasteiger partial charge < -0.3 is 66.1 Å². The first kappa shape index (κ1) is 66.1. The highest BCUT2D eigenvalue weighted by atomic mass is 35.5. The van der Waals surface area contributed by atoms with E-state index in [9.17, 15) is 19.2 Å². The number of piperazine rings is 2. The Morgan fingerprint density at radius 1 is 0.562 bits per heavy atom. The lowest BCUT2D eigenvalue weighted by atomic mass is 9.87. The van der Waals surface area contributed by atoms with Crippen molar-refractivity contribution in [1.82, 2.24) is 40.8 Å². The molecule has 21 heteroatoms. The molecule has 89 heavy (non-hydrogen) atoms. The molecular formula is C68H85ClN12O8. The number of halogens is 1. The zero-order valence-corrected chi connectivity index (χ0v) is 53.5. The monoisotopic (exact) mass is 1230 g/mol. The SMILES string of the molecule is CC(C)(C)c1ccc(-c2nc3c(N4CCNCC4)cccc3[nH]2)cc1.CC(C)NC(=O)Oc1ccc(OCCCl)cc1C(N)=O.CC(C)NC(=O)Oc1ccc(OCCN2CCN(c3cccc4[nH]c(-c5ccc(C(C)(C)C)cc5)nc34)CC2)cc1C(N)=O. The summed E-state index contributed by atoms with van der Waals surface area (Å²) in [4.78, 5) is 71.0. The smallest absolute Gasteiger partial charge is 0.412 e. The van der Waals surface area contributed by atoms with E-state index < -0.39 is 24.0 Å². The van der Waals surface area contributed by atoms with Crippen LogP contribution in [0, 0.1) is 0 Å². The molecule has 8 aromatic rings. The standard InChI is InChI=1S/C34H42N6O4.C21H26N4.C13H17ClN2O4/c1-22(2)36-33(42)44-29-14-13-25(21-26(29)31(35)41)43-20-19-39-15-17-40(18-16-39)28-8-6-7-27-30(28)38-32(37-27)23-9-11-24(12-10-23)34(3,4)5;1-21(2,3)16-9-7-15(8-10-16)20-23-17-5-4-6-18(19(17)24-20)25-13-11-22-12-14-25;1-8(2)16-13(18)20-11-4-3-9(19-6-5-14)7-10(11)12(15)17/h6-14,21-22H,15-20H2,1-5H3,(H2,35,41)(H,36,42)(H,37,38);4-10,22H,11-14H2,1-3H3,(H,23,24);3-4,7-8H,5-6H2,1-2H3,(H2,15,17)(H,16,18). The number of carbonyl (C=O) groups is 4. The van der Waals surface area contributed by atoms with E-state index >= 15 is 0 Å². The van der Waals surface area contributed by atoms with E-state index in [0.717, 1.165) is 109 Å². The number of aromatic nitrogens is 4. The summed E-state index contributed by atoms with van der Waals surface area (Å²) in [5.74, 6) is 1.82. The van der Waals surface area contributed by atoms with E-state index in [2.05, 4.69) is 167 Å². The average Bonchev–Trinajstić information content (AvgIpc) is 2.13. The molecule has 2 aliphatic rings. The van der Waals surface area contributed by atoms with Gasteiger partial charge in [-0.1, -0.05) is 102 Å². The number of ether oxygens (including phenoxy) is 4. The number of benzene rings is 6. The van der Waals surface area contributed by atoms with E-state index in [1.807, 2.05) is 13.8 Å². The van der Waals surface area contributed by atoms with Crippen molar-refractivity contribution in [3.05, 3.63) is 144 Å². The molecule has 6 aromatic carbocycles. The number of hydrogen-bond acceptors (Lipinski definition) is 14. The minimum Gasteiger partial charge on any atom is -0.492 e. The van der Waals surface area contributed by atoms with E-state index in [1.165, 1.54) is 41.1 Å². The van der Waals surface area contributed by atoms with E-state index in [-0.39, 0.29) is 45.5 Å². The number of alkyl halides is 1. The molecule has 2 aliphatic heterocycles. The van der Waals surface area contributed by atoms with E-state index in [1.54, 1.807) is 26.0 Å². The van der Waals surface area contributed by atoms with Gasteiger partial charge in [-0.05, 0) is 110 Å². The van der Waals surface area contributed by atoms with Gasteiger partial charge in [0.25, 0.3) is 11.8 Å². The summed E-state index contributed by atoms with van der Waals surface area (Å²) in [5, 5.41) is 8.58. The van der Waals surface area contributed by atoms with Crippen LogP contribution in [-0.2, 0) is 10.8 Å². The van der Waals surface area contributed by atoms with E-state index in [0.29, 0.717) is 30.6 Å². The lowest BCUT2D eigenvalue weighted by Crippen LogP contribution is -2.47. The minimum atomic E-state index is -0.714. The van der Waals surface area contributed by atoms with Gasteiger partial charge >= 0.3 is 12.2 Å². The Balaban J connectivity index is 0.000000191. The van der Waals surface area contributed by atoms with Crippen LogP contribution in [0.4, 0.5) is 21.0 Å². The van der Waals surface area contributed by atoms with Gasteiger partial charge in [0.15, 0.2) is 0 Å². The molecular weight excluding hydrogens is 1150 g/mol. The molecule has 4 amide bonds. The number of nitrogens with one attached hydrogen (secondary N) is 5. The number of anilines is 2. The highest BCUT2D eigenvalue weighted by Crippen LogP contribution is 2.33. The fourth-order valence-electron chi connectivity index (χ4n) is 10.1. The van der Waals surface area contributed by atoms with Gasteiger partial charge in [-0.25, -0.2) is 19.6 Å². The predicted octanol–water partition coefficient (Wildman–Crippen LogP) is 11.2. The maximum atomic E-state index is 12.0. The first-order valence-corrected chi connectivity index (χ1v) is 30.8. The number of hydrogen-bond donors (Lipinski definition) is 7. The molecule has 0 saturated carbocycles. The number of amides is 4. The summed E-state index contributed by atoms with van der Waals surface area (Å²) in [6.45, 7) is 29.7. The van der Waals surface area contributed by atoms with Crippen LogP contribution < -0.4 is 56.2 Å². The second kappa shape index (κ2) is 29.9. The molecule has 0 radical (unpaired) electrons. The Labute approximate surface area is 526 Å². The van der Waals surface area contributed by atoms with Crippen LogP contribution in [0.3, 0.4) is 0 Å². The van der Waals surface area contributed by atoms with Crippen molar-refractivity contribution in [3.63, 3.8) is 0 Å². The zero-order valence-electron chi connectivity index (χ0n) is 52.7. The van der Waals surface area contributed by atoms with Crippen molar-refractivity contribution in [2.75, 3.05) is 87.8 Å². The van der Waals surface area contributed by atoms with Gasteiger partial charge in [0.1, 0.15) is 58.9 Å². The molecule has 0 spiro atoms. The molecule has 0 bridgehead atoms. The minimum absolute atomic E-state index is 0.0657. The third-order valence-electron chi connectivity index (χ3n) is 14.9. The van der Waals surface area contributed by atoms with Crippen LogP contribution in [0.5, 0.6) is 23.0 Å². The normalized spacial score (nSPS) is 13.7. The molecule has 2 fully saturated rings. The summed E-state index contributed by atoms with van der Waals surface area (Å²) in [5.41, 5.74) is 22.6. The Hall–Kier alpha value is -8.85. The maximum absolute atomic E-state index is 12.0. The topological polar surface area (TPSA) is 260 Å². The molecule has 4 heterocycles. The number of rotatable bonds is 17. The maximum Gasteiger partial charge on any atom is 0.412 e. The molecule has 2 aromatic heterocycles. The molecule has 10 rings (SSSR count). The summed E-state index contributed by atoms with van der Waals surface area (Å²) in [6.07, 6.45) is -1.30. The largest absolute Gasteiger partial charge is 0.492 e. The van der Waals surface area contributed by atoms with Crippen molar-refractivity contribution in [1.29, 1.82) is 0 Å². The molecule has 0 aliphatic carbocycles. The Morgan fingerprint density at radius 3 is 1.37 bits per heavy atom. The molecule has 9 N–H and O–H groups in total. The first-order valence-electron chi connectivity index (χ1n) is 30.2. The number of primary amides is 2. The van der Waals surface area contributed by atoms with Crippen LogP contribution in [0.15, 0.2) is 121 Å². The summed E-state index contributed by atoms with van der Waals surface area (Å²) < 4.78 is 21.5. The van der Waals surface area contributed by atoms with Crippen LogP contribution in [0.25, 0.3) is 44.8 Å². The van der Waals surface area contributed by atoms with Crippen molar-refractivity contribution in [2.45, 2.75) is 92.2 Å². The van der Waals surface area contributed by atoms with Gasteiger partial charge in [0.2, 0.25) is 0 Å². The number of aromatic amines is 2. The highest BCUT2D eigenvalue weighted by Gasteiger charge is 2.24. The first-order chi connectivity index (χ1) is 42.4. The number of para-hydroxylation sites is 2. The number of H-pyrrole nitrogens is 2. The van der Waals surface area contributed by atoms with Crippen LogP contribution in [0.1, 0.15) is 101 Å². The number of carbonyl (C=O) groups excluding carboxylic acids is 4. The van der Waals surface area contributed by atoms with Crippen molar-refractivity contribution < 1.29 is 38.1 Å². The van der Waals surface area contributed by atoms with Gasteiger partial charge in [-0.15, -0.1) is 11.6 Å². The summed E-state index contributed by atoms with van der Waals surface area (Å²) >= 11 is 5.51. The quantitative estimate of drug-likeness (QED) is 0.0419. The number of nitrogens with zero attached hydrogens (tertiary/aromatic N) is 5. The van der Waals surface area contributed by atoms with Gasteiger partial charge in [-0.2, -0.15) is 0 Å². The predicted molar refractivity (Wildman–Crippen MR) is 354 cm³/mol.